The van der Waals surface area contributed by atoms with Crippen molar-refractivity contribution in [2.75, 3.05) is 0 Å². The van der Waals surface area contributed by atoms with Crippen LogP contribution in [0, 0.1) is 0 Å². The maximum absolute atomic E-state index is 10.9. The third-order valence-corrected chi connectivity index (χ3v) is 2.47. The first kappa shape index (κ1) is 14.9. The van der Waals surface area contributed by atoms with E-state index in [1.54, 1.807) is 0 Å². The molecule has 92 valence electrons. The summed E-state index contributed by atoms with van der Waals surface area (Å²) in [6.07, 6.45) is 6.26. The lowest BCUT2D eigenvalue weighted by molar-refractivity contribution is -0.134. The van der Waals surface area contributed by atoms with Crippen molar-refractivity contribution in [3.05, 3.63) is 23.3 Å². The number of nitrogens with two attached hydrogens (primary N) is 1. The molecule has 0 aliphatic carbocycles. The molecule has 0 aromatic rings. The van der Waals surface area contributed by atoms with E-state index in [0.717, 1.165) is 12.8 Å². The van der Waals surface area contributed by atoms with Gasteiger partial charge in [-0.15, -0.1) is 0 Å². The average molecular weight is 225 g/mol. The van der Waals surface area contributed by atoms with Crippen LogP contribution in [0.25, 0.3) is 0 Å². The number of hydrogen-bond donors (Lipinski definition) is 2. The van der Waals surface area contributed by atoms with E-state index in [1.807, 2.05) is 13.0 Å². The number of carbonyl (C=O) groups excluding carboxylic acids is 1. The summed E-state index contributed by atoms with van der Waals surface area (Å²) in [6, 6.07) is 0. The molecule has 0 radical (unpaired) electrons. The predicted octanol–water partition coefficient (Wildman–Crippen LogP) is 2.31. The molecular weight excluding hydrogens is 202 g/mol. The van der Waals surface area contributed by atoms with Crippen LogP contribution in [0.15, 0.2) is 23.3 Å². The SMILES string of the molecule is CC(C)=CCC/C(C)=C/CC(C)(O)C(N)=O. The van der Waals surface area contributed by atoms with Crippen molar-refractivity contribution in [2.24, 2.45) is 5.73 Å². The molecule has 16 heavy (non-hydrogen) atoms. The highest BCUT2D eigenvalue weighted by Gasteiger charge is 2.25. The molecule has 1 amide bonds. The Morgan fingerprint density at radius 1 is 1.31 bits per heavy atom. The molecule has 0 bridgehead atoms. The molecule has 3 N–H and O–H groups in total. The van der Waals surface area contributed by atoms with Gasteiger partial charge in [-0.25, -0.2) is 0 Å². The van der Waals surface area contributed by atoms with Gasteiger partial charge in [0, 0.05) is 6.42 Å². The number of amides is 1. The zero-order chi connectivity index (χ0) is 12.8. The van der Waals surface area contributed by atoms with Crippen LogP contribution < -0.4 is 5.73 Å². The summed E-state index contributed by atoms with van der Waals surface area (Å²) < 4.78 is 0. The predicted molar refractivity (Wildman–Crippen MR) is 66.9 cm³/mol. The van der Waals surface area contributed by atoms with E-state index in [1.165, 1.54) is 18.1 Å². The van der Waals surface area contributed by atoms with Crippen molar-refractivity contribution in [3.8, 4) is 0 Å². The lowest BCUT2D eigenvalue weighted by atomic mass is 9.99. The van der Waals surface area contributed by atoms with Gasteiger partial charge < -0.3 is 10.8 Å². The maximum Gasteiger partial charge on any atom is 0.249 e. The molecule has 0 rings (SSSR count). The molecule has 1 unspecified atom stereocenters. The smallest absolute Gasteiger partial charge is 0.249 e. The molecule has 3 nitrogen and oxygen atoms in total. The summed E-state index contributed by atoms with van der Waals surface area (Å²) in [5.74, 6) is -0.680. The average Bonchev–Trinajstić information content (AvgIpc) is 2.14. The van der Waals surface area contributed by atoms with Crippen molar-refractivity contribution in [2.45, 2.75) is 52.6 Å². The number of hydrogen-bond acceptors (Lipinski definition) is 2. The van der Waals surface area contributed by atoms with Gasteiger partial charge in [-0.05, 0) is 40.5 Å². The second-order valence-corrected chi connectivity index (χ2v) is 4.71. The highest BCUT2D eigenvalue weighted by Crippen LogP contribution is 2.14. The molecule has 0 aromatic heterocycles. The highest BCUT2D eigenvalue weighted by molar-refractivity contribution is 5.82. The molecule has 0 aliphatic rings. The van der Waals surface area contributed by atoms with Crippen LogP contribution in [-0.4, -0.2) is 16.6 Å². The largest absolute Gasteiger partial charge is 0.380 e. The summed E-state index contributed by atoms with van der Waals surface area (Å²) in [5.41, 5.74) is 6.10. The first-order chi connectivity index (χ1) is 7.25. The second-order valence-electron chi connectivity index (χ2n) is 4.71. The normalized spacial score (nSPS) is 15.4. The Labute approximate surface area is 98.0 Å². The van der Waals surface area contributed by atoms with E-state index in [-0.39, 0.29) is 6.42 Å². The third-order valence-electron chi connectivity index (χ3n) is 2.47. The van der Waals surface area contributed by atoms with E-state index >= 15 is 0 Å². The minimum Gasteiger partial charge on any atom is -0.380 e. The molecule has 0 aromatic carbocycles. The summed E-state index contributed by atoms with van der Waals surface area (Å²) in [6.45, 7) is 7.57. The van der Waals surface area contributed by atoms with Gasteiger partial charge in [0.05, 0.1) is 0 Å². The Morgan fingerprint density at radius 2 is 1.88 bits per heavy atom. The molecule has 0 saturated heterocycles. The topological polar surface area (TPSA) is 63.3 Å². The zero-order valence-electron chi connectivity index (χ0n) is 10.7. The van der Waals surface area contributed by atoms with Crippen LogP contribution >= 0.6 is 0 Å². The number of allylic oxidation sites excluding steroid dienone is 3. The number of rotatable bonds is 6. The Bertz CT molecular complexity index is 297. The van der Waals surface area contributed by atoms with Crippen molar-refractivity contribution in [3.63, 3.8) is 0 Å². The van der Waals surface area contributed by atoms with Gasteiger partial charge in [0.2, 0.25) is 5.91 Å². The summed E-state index contributed by atoms with van der Waals surface area (Å²) >= 11 is 0. The fourth-order valence-corrected chi connectivity index (χ4v) is 1.16. The molecule has 0 spiro atoms. The van der Waals surface area contributed by atoms with E-state index < -0.39 is 11.5 Å². The van der Waals surface area contributed by atoms with Crippen LogP contribution in [0.1, 0.15) is 47.0 Å². The lowest BCUT2D eigenvalue weighted by Gasteiger charge is -2.16. The maximum atomic E-state index is 10.9. The fourth-order valence-electron chi connectivity index (χ4n) is 1.16. The van der Waals surface area contributed by atoms with Crippen LogP contribution in [0.3, 0.4) is 0 Å². The Hall–Kier alpha value is -1.09. The lowest BCUT2D eigenvalue weighted by Crippen LogP contribution is -2.40. The van der Waals surface area contributed by atoms with Crippen LogP contribution in [-0.2, 0) is 4.79 Å². The van der Waals surface area contributed by atoms with E-state index in [9.17, 15) is 9.90 Å². The minimum absolute atomic E-state index is 0.281. The van der Waals surface area contributed by atoms with Crippen molar-refractivity contribution >= 4 is 5.91 Å². The minimum atomic E-state index is -1.43. The molecule has 0 aliphatic heterocycles. The standard InChI is InChI=1S/C13H23NO2/c1-10(2)6-5-7-11(3)8-9-13(4,16)12(14)15/h6,8,16H,5,7,9H2,1-4H3,(H2,14,15)/b11-8+. The first-order valence-corrected chi connectivity index (χ1v) is 5.57. The van der Waals surface area contributed by atoms with Gasteiger partial charge in [0.1, 0.15) is 5.60 Å². The van der Waals surface area contributed by atoms with Gasteiger partial charge in [0.15, 0.2) is 0 Å². The van der Waals surface area contributed by atoms with Crippen molar-refractivity contribution < 1.29 is 9.90 Å². The molecular formula is C13H23NO2. The van der Waals surface area contributed by atoms with Crippen LogP contribution in [0.2, 0.25) is 0 Å². The number of primary amides is 1. The summed E-state index contributed by atoms with van der Waals surface area (Å²) in [7, 11) is 0. The summed E-state index contributed by atoms with van der Waals surface area (Å²) in [4.78, 5) is 10.9. The number of aliphatic hydroxyl groups is 1. The van der Waals surface area contributed by atoms with Gasteiger partial charge in [-0.1, -0.05) is 23.3 Å². The molecule has 0 heterocycles. The summed E-state index contributed by atoms with van der Waals surface area (Å²) in [5, 5.41) is 9.62. The third kappa shape index (κ3) is 6.40. The Morgan fingerprint density at radius 3 is 2.31 bits per heavy atom. The van der Waals surface area contributed by atoms with Crippen molar-refractivity contribution in [1.29, 1.82) is 0 Å². The first-order valence-electron chi connectivity index (χ1n) is 5.57. The fraction of sp³-hybridized carbons (Fsp3) is 0.615. The molecule has 1 atom stereocenters. The molecule has 3 heteroatoms. The quantitative estimate of drug-likeness (QED) is 0.681. The van der Waals surface area contributed by atoms with Gasteiger partial charge in [-0.2, -0.15) is 0 Å². The second kappa shape index (κ2) is 6.48. The highest BCUT2D eigenvalue weighted by atomic mass is 16.3. The monoisotopic (exact) mass is 225 g/mol. The molecule has 0 fully saturated rings. The van der Waals surface area contributed by atoms with E-state index in [2.05, 4.69) is 19.9 Å². The van der Waals surface area contributed by atoms with Crippen molar-refractivity contribution in [1.82, 2.24) is 0 Å². The Kier molecular flexibility index (Phi) is 6.04. The van der Waals surface area contributed by atoms with E-state index in [4.69, 9.17) is 5.73 Å². The van der Waals surface area contributed by atoms with Gasteiger partial charge in [0.25, 0.3) is 0 Å². The number of carbonyl (C=O) groups is 1. The van der Waals surface area contributed by atoms with Crippen LogP contribution in [0.5, 0.6) is 0 Å². The Balaban J connectivity index is 4.15. The van der Waals surface area contributed by atoms with Gasteiger partial charge in [-0.3, -0.25) is 4.79 Å². The zero-order valence-corrected chi connectivity index (χ0v) is 10.7. The van der Waals surface area contributed by atoms with Gasteiger partial charge >= 0.3 is 0 Å². The van der Waals surface area contributed by atoms with Crippen LogP contribution in [0.4, 0.5) is 0 Å². The molecule has 0 saturated carbocycles. The van der Waals surface area contributed by atoms with E-state index in [0.29, 0.717) is 0 Å².